The molecule has 0 aliphatic carbocycles. The quantitative estimate of drug-likeness (QED) is 0.885. The van der Waals surface area contributed by atoms with E-state index < -0.39 is 5.97 Å². The number of thiazole rings is 1. The number of aromatic carboxylic acids is 1. The van der Waals surface area contributed by atoms with E-state index in [2.05, 4.69) is 10.3 Å². The van der Waals surface area contributed by atoms with Gasteiger partial charge in [-0.2, -0.15) is 10.5 Å². The van der Waals surface area contributed by atoms with E-state index in [1.54, 1.807) is 6.07 Å². The number of nitrogens with one attached hydrogen (secondary N) is 1. The Morgan fingerprint density at radius 1 is 1.32 bits per heavy atom. The first kappa shape index (κ1) is 12.6. The fourth-order valence-corrected chi connectivity index (χ4v) is 2.12. The van der Waals surface area contributed by atoms with E-state index in [0.29, 0.717) is 10.7 Å². The average molecular weight is 270 g/mol. The number of hydrogen-bond donors (Lipinski definition) is 2. The lowest BCUT2D eigenvalue weighted by Gasteiger charge is -2.05. The number of benzene rings is 1. The molecule has 0 atom stereocenters. The number of hydrogen-bond acceptors (Lipinski definition) is 6. The predicted octanol–water partition coefficient (Wildman–Crippen LogP) is 2.33. The minimum Gasteiger partial charge on any atom is -0.476 e. The molecule has 7 heteroatoms. The van der Waals surface area contributed by atoms with Gasteiger partial charge in [-0.3, -0.25) is 0 Å². The van der Waals surface area contributed by atoms with Crippen LogP contribution in [0.2, 0.25) is 0 Å². The molecule has 92 valence electrons. The van der Waals surface area contributed by atoms with E-state index in [-0.39, 0.29) is 16.8 Å². The molecule has 6 nitrogen and oxygen atoms in total. The number of carbonyl (C=O) groups is 1. The van der Waals surface area contributed by atoms with Crippen molar-refractivity contribution in [3.8, 4) is 12.1 Å². The Hall–Kier alpha value is -2.90. The van der Waals surface area contributed by atoms with Gasteiger partial charge in [0.25, 0.3) is 0 Å². The third-order valence-electron chi connectivity index (χ3n) is 2.29. The third-order valence-corrected chi connectivity index (χ3v) is 3.03. The van der Waals surface area contributed by atoms with Crippen LogP contribution in [-0.4, -0.2) is 16.1 Å². The van der Waals surface area contributed by atoms with Crippen LogP contribution in [0.4, 0.5) is 10.7 Å². The number of aromatic nitrogens is 1. The van der Waals surface area contributed by atoms with Crippen LogP contribution in [0.5, 0.6) is 0 Å². The third kappa shape index (κ3) is 2.51. The van der Waals surface area contributed by atoms with Gasteiger partial charge in [0.1, 0.15) is 17.1 Å². The molecular formula is C12H6N4O2S. The average Bonchev–Trinajstić information content (AvgIpc) is 2.87. The molecule has 0 bridgehead atoms. The standard InChI is InChI=1S/C12H6N4O2S/c13-4-7-1-2-9(3-8(7)5-14)16-11-10(12(17)18)15-6-19-11/h1-3,6,16H,(H,17,18). The molecule has 0 saturated carbocycles. The van der Waals surface area contributed by atoms with Crippen molar-refractivity contribution in [1.82, 2.24) is 4.98 Å². The lowest BCUT2D eigenvalue weighted by atomic mass is 10.1. The topological polar surface area (TPSA) is 110 Å². The fourth-order valence-electron chi connectivity index (χ4n) is 1.43. The monoisotopic (exact) mass is 270 g/mol. The minimum atomic E-state index is -1.13. The zero-order valence-corrected chi connectivity index (χ0v) is 10.2. The second-order valence-electron chi connectivity index (χ2n) is 3.44. The van der Waals surface area contributed by atoms with Crippen molar-refractivity contribution in [3.63, 3.8) is 0 Å². The Balaban J connectivity index is 2.35. The van der Waals surface area contributed by atoms with Crippen LogP contribution in [-0.2, 0) is 0 Å². The summed E-state index contributed by atoms with van der Waals surface area (Å²) in [6.45, 7) is 0. The molecule has 0 fully saturated rings. The van der Waals surface area contributed by atoms with Gasteiger partial charge < -0.3 is 10.4 Å². The summed E-state index contributed by atoms with van der Waals surface area (Å²) in [7, 11) is 0. The van der Waals surface area contributed by atoms with Crippen LogP contribution < -0.4 is 5.32 Å². The van der Waals surface area contributed by atoms with Gasteiger partial charge in [0, 0.05) is 5.69 Å². The molecule has 0 saturated heterocycles. The van der Waals surface area contributed by atoms with E-state index in [1.807, 2.05) is 12.1 Å². The van der Waals surface area contributed by atoms with Crippen LogP contribution in [0.3, 0.4) is 0 Å². The molecule has 2 aromatic rings. The largest absolute Gasteiger partial charge is 0.476 e. The van der Waals surface area contributed by atoms with Crippen LogP contribution in [0.25, 0.3) is 0 Å². The molecule has 1 aromatic carbocycles. The highest BCUT2D eigenvalue weighted by Gasteiger charge is 2.14. The number of carboxylic acids is 1. The summed E-state index contributed by atoms with van der Waals surface area (Å²) in [6, 6.07) is 8.42. The van der Waals surface area contributed by atoms with Crippen LogP contribution in [0, 0.1) is 22.7 Å². The highest BCUT2D eigenvalue weighted by Crippen LogP contribution is 2.26. The predicted molar refractivity (Wildman–Crippen MR) is 68.2 cm³/mol. The Labute approximate surface area is 112 Å². The van der Waals surface area contributed by atoms with E-state index in [9.17, 15) is 4.79 Å². The Bertz CT molecular complexity index is 724. The van der Waals surface area contributed by atoms with Gasteiger partial charge in [-0.15, -0.1) is 11.3 Å². The highest BCUT2D eigenvalue weighted by atomic mass is 32.1. The lowest BCUT2D eigenvalue weighted by Crippen LogP contribution is -2.01. The highest BCUT2D eigenvalue weighted by molar-refractivity contribution is 7.14. The Morgan fingerprint density at radius 3 is 2.68 bits per heavy atom. The fraction of sp³-hybridized carbons (Fsp3) is 0. The Kier molecular flexibility index (Phi) is 3.42. The summed E-state index contributed by atoms with van der Waals surface area (Å²) in [6.07, 6.45) is 0. The number of carboxylic acid groups (broad SMARTS) is 1. The lowest BCUT2D eigenvalue weighted by molar-refractivity contribution is 0.0692. The SMILES string of the molecule is N#Cc1ccc(Nc2scnc2C(=O)O)cc1C#N. The maximum Gasteiger partial charge on any atom is 0.357 e. The maximum absolute atomic E-state index is 10.9. The molecule has 0 amide bonds. The minimum absolute atomic E-state index is 0.0760. The van der Waals surface area contributed by atoms with E-state index in [4.69, 9.17) is 15.6 Å². The van der Waals surface area contributed by atoms with Crippen LogP contribution in [0.15, 0.2) is 23.7 Å². The summed E-state index contributed by atoms with van der Waals surface area (Å²) in [5.74, 6) is -1.13. The zero-order chi connectivity index (χ0) is 13.8. The first-order chi connectivity index (χ1) is 9.15. The summed E-state index contributed by atoms with van der Waals surface area (Å²) in [4.78, 5) is 14.6. The van der Waals surface area contributed by atoms with Crippen molar-refractivity contribution in [2.24, 2.45) is 0 Å². The second-order valence-corrected chi connectivity index (χ2v) is 4.30. The number of rotatable bonds is 3. The summed E-state index contributed by atoms with van der Waals surface area (Å²) in [5, 5.41) is 29.9. The van der Waals surface area contributed by atoms with Crippen molar-refractivity contribution in [2.45, 2.75) is 0 Å². The van der Waals surface area contributed by atoms with Crippen LogP contribution in [0.1, 0.15) is 21.6 Å². The second kappa shape index (κ2) is 5.17. The van der Waals surface area contributed by atoms with Gasteiger partial charge in [-0.25, -0.2) is 9.78 Å². The van der Waals surface area contributed by atoms with E-state index in [0.717, 1.165) is 11.3 Å². The molecule has 19 heavy (non-hydrogen) atoms. The normalized spacial score (nSPS) is 9.37. The molecule has 1 aromatic heterocycles. The zero-order valence-electron chi connectivity index (χ0n) is 9.41. The van der Waals surface area contributed by atoms with E-state index in [1.165, 1.54) is 17.6 Å². The molecular weight excluding hydrogens is 264 g/mol. The molecule has 0 aliphatic rings. The smallest absolute Gasteiger partial charge is 0.357 e. The summed E-state index contributed by atoms with van der Waals surface area (Å²) < 4.78 is 0. The number of anilines is 2. The van der Waals surface area contributed by atoms with Crippen molar-refractivity contribution in [3.05, 3.63) is 40.5 Å². The van der Waals surface area contributed by atoms with Gasteiger partial charge >= 0.3 is 5.97 Å². The van der Waals surface area contributed by atoms with Crippen molar-refractivity contribution in [2.75, 3.05) is 5.32 Å². The first-order valence-corrected chi connectivity index (χ1v) is 5.91. The summed E-state index contributed by atoms with van der Waals surface area (Å²) in [5.41, 5.74) is 2.38. The van der Waals surface area contributed by atoms with Gasteiger partial charge in [-0.1, -0.05) is 0 Å². The molecule has 0 radical (unpaired) electrons. The van der Waals surface area contributed by atoms with Crippen molar-refractivity contribution < 1.29 is 9.90 Å². The molecule has 0 spiro atoms. The van der Waals surface area contributed by atoms with Crippen molar-refractivity contribution >= 4 is 28.0 Å². The molecule has 2 rings (SSSR count). The first-order valence-electron chi connectivity index (χ1n) is 5.03. The molecule has 1 heterocycles. The van der Waals surface area contributed by atoms with Crippen molar-refractivity contribution in [1.29, 1.82) is 10.5 Å². The number of nitrogens with zero attached hydrogens (tertiary/aromatic N) is 3. The number of nitriles is 2. The van der Waals surface area contributed by atoms with E-state index >= 15 is 0 Å². The van der Waals surface area contributed by atoms with Gasteiger partial charge in [0.05, 0.1) is 16.6 Å². The molecule has 0 aliphatic heterocycles. The van der Waals surface area contributed by atoms with Crippen LogP contribution >= 0.6 is 11.3 Å². The summed E-state index contributed by atoms with van der Waals surface area (Å²) >= 11 is 1.15. The van der Waals surface area contributed by atoms with Gasteiger partial charge in [0.2, 0.25) is 0 Å². The van der Waals surface area contributed by atoms with Gasteiger partial charge in [-0.05, 0) is 18.2 Å². The molecule has 0 unspecified atom stereocenters. The Morgan fingerprint density at radius 2 is 2.05 bits per heavy atom. The maximum atomic E-state index is 10.9. The molecule has 2 N–H and O–H groups in total. The van der Waals surface area contributed by atoms with Gasteiger partial charge in [0.15, 0.2) is 5.69 Å².